The molecule has 3 unspecified atom stereocenters. The fraction of sp³-hybridized carbons (Fsp3) is 0.400. The van der Waals surface area contributed by atoms with Gasteiger partial charge in [0.2, 0.25) is 11.9 Å². The van der Waals surface area contributed by atoms with E-state index in [-0.39, 0.29) is 24.8 Å². The van der Waals surface area contributed by atoms with Gasteiger partial charge in [0.25, 0.3) is 0 Å². The Kier molecular flexibility index (Phi) is 5.61. The van der Waals surface area contributed by atoms with Crippen molar-refractivity contribution in [3.05, 3.63) is 65.2 Å². The molecule has 138 valence electrons. The minimum atomic E-state index is -1.03. The van der Waals surface area contributed by atoms with Crippen LogP contribution in [-0.4, -0.2) is 29.6 Å². The summed E-state index contributed by atoms with van der Waals surface area (Å²) in [6, 6.07) is 11.5. The van der Waals surface area contributed by atoms with Gasteiger partial charge in [-0.25, -0.2) is 9.37 Å². The lowest BCUT2D eigenvalue weighted by molar-refractivity contribution is -0.123. The van der Waals surface area contributed by atoms with Crippen molar-refractivity contribution in [2.45, 2.75) is 44.4 Å². The smallest absolute Gasteiger partial charge is 0.238 e. The minimum absolute atomic E-state index is 0.0190. The van der Waals surface area contributed by atoms with E-state index in [1.54, 1.807) is 12.1 Å². The summed E-state index contributed by atoms with van der Waals surface area (Å²) in [6.07, 6.45) is -0.886. The molecule has 1 aliphatic heterocycles. The standard InChI is InChI=1S/C20H23F2N3O/c1-12(2)15-8-9-16(24-19(15)22)18(13-6-4-3-5-7-13)25-20(26)17-10-14(21)11-23-17/h3-9,12,14,17-18,23H,10-11H2,1-2H3,(H,25,26). The number of benzene rings is 1. The summed E-state index contributed by atoms with van der Waals surface area (Å²) >= 11 is 0. The molecule has 4 nitrogen and oxygen atoms in total. The molecule has 3 rings (SSSR count). The van der Waals surface area contributed by atoms with E-state index in [9.17, 15) is 13.6 Å². The van der Waals surface area contributed by atoms with Crippen LogP contribution in [0.3, 0.4) is 0 Å². The van der Waals surface area contributed by atoms with Gasteiger partial charge in [-0.15, -0.1) is 0 Å². The fourth-order valence-electron chi connectivity index (χ4n) is 3.16. The van der Waals surface area contributed by atoms with Crippen LogP contribution >= 0.6 is 0 Å². The first-order chi connectivity index (χ1) is 12.5. The van der Waals surface area contributed by atoms with Crippen LogP contribution in [-0.2, 0) is 4.79 Å². The fourth-order valence-corrected chi connectivity index (χ4v) is 3.16. The van der Waals surface area contributed by atoms with E-state index in [4.69, 9.17) is 0 Å². The number of carbonyl (C=O) groups excluding carboxylic acids is 1. The van der Waals surface area contributed by atoms with E-state index >= 15 is 0 Å². The topological polar surface area (TPSA) is 54.0 Å². The number of carbonyl (C=O) groups is 1. The molecule has 1 aliphatic rings. The molecule has 2 heterocycles. The Hall–Kier alpha value is -2.34. The van der Waals surface area contributed by atoms with Gasteiger partial charge in [0, 0.05) is 18.5 Å². The van der Waals surface area contributed by atoms with E-state index in [1.165, 1.54) is 0 Å². The van der Waals surface area contributed by atoms with E-state index in [2.05, 4.69) is 15.6 Å². The van der Waals surface area contributed by atoms with E-state index < -0.39 is 24.2 Å². The van der Waals surface area contributed by atoms with E-state index in [0.29, 0.717) is 11.3 Å². The Morgan fingerprint density at radius 3 is 2.54 bits per heavy atom. The number of hydrogen-bond donors (Lipinski definition) is 2. The first-order valence-electron chi connectivity index (χ1n) is 8.84. The summed E-state index contributed by atoms with van der Waals surface area (Å²) in [5.74, 6) is -0.824. The molecule has 1 saturated heterocycles. The Morgan fingerprint density at radius 1 is 1.23 bits per heavy atom. The molecule has 0 radical (unpaired) electrons. The Labute approximate surface area is 152 Å². The highest BCUT2D eigenvalue weighted by molar-refractivity contribution is 5.83. The summed E-state index contributed by atoms with van der Waals surface area (Å²) in [5.41, 5.74) is 1.74. The van der Waals surface area contributed by atoms with Crippen molar-refractivity contribution in [2.24, 2.45) is 0 Å². The molecule has 1 fully saturated rings. The number of alkyl halides is 1. The number of nitrogens with one attached hydrogen (secondary N) is 2. The van der Waals surface area contributed by atoms with Gasteiger partial charge in [-0.05, 0) is 17.5 Å². The highest BCUT2D eigenvalue weighted by atomic mass is 19.1. The summed E-state index contributed by atoms with van der Waals surface area (Å²) in [4.78, 5) is 16.6. The van der Waals surface area contributed by atoms with Gasteiger partial charge >= 0.3 is 0 Å². The molecule has 26 heavy (non-hydrogen) atoms. The van der Waals surface area contributed by atoms with Crippen molar-refractivity contribution in [3.8, 4) is 0 Å². The molecule has 2 aromatic rings. The Balaban J connectivity index is 1.89. The molecule has 3 atom stereocenters. The predicted octanol–water partition coefficient (Wildman–Crippen LogP) is 3.25. The molecule has 0 aliphatic carbocycles. The van der Waals surface area contributed by atoms with Crippen LogP contribution in [0.4, 0.5) is 8.78 Å². The number of pyridine rings is 1. The minimum Gasteiger partial charge on any atom is -0.342 e. The van der Waals surface area contributed by atoms with Crippen LogP contribution < -0.4 is 10.6 Å². The third-order valence-electron chi connectivity index (χ3n) is 4.63. The molecule has 1 aromatic carbocycles. The molecule has 0 spiro atoms. The maximum Gasteiger partial charge on any atom is 0.238 e. The average molecular weight is 359 g/mol. The quantitative estimate of drug-likeness (QED) is 0.806. The molecule has 0 saturated carbocycles. The Morgan fingerprint density at radius 2 is 1.96 bits per heavy atom. The zero-order valence-electron chi connectivity index (χ0n) is 14.9. The molecule has 2 N–H and O–H groups in total. The number of hydrogen-bond acceptors (Lipinski definition) is 3. The van der Waals surface area contributed by atoms with Gasteiger partial charge in [0.1, 0.15) is 6.17 Å². The maximum absolute atomic E-state index is 14.4. The van der Waals surface area contributed by atoms with Crippen LogP contribution in [0.15, 0.2) is 42.5 Å². The highest BCUT2D eigenvalue weighted by Gasteiger charge is 2.31. The first-order valence-corrected chi connectivity index (χ1v) is 8.84. The molecular formula is C20H23F2N3O. The lowest BCUT2D eigenvalue weighted by atomic mass is 9.99. The average Bonchev–Trinajstić information content (AvgIpc) is 3.06. The number of aromatic nitrogens is 1. The van der Waals surface area contributed by atoms with Gasteiger partial charge in [-0.3, -0.25) is 4.79 Å². The zero-order chi connectivity index (χ0) is 18.7. The highest BCUT2D eigenvalue weighted by Crippen LogP contribution is 2.24. The Bertz CT molecular complexity index is 767. The van der Waals surface area contributed by atoms with Crippen LogP contribution in [0.5, 0.6) is 0 Å². The van der Waals surface area contributed by atoms with Crippen molar-refractivity contribution in [3.63, 3.8) is 0 Å². The summed E-state index contributed by atoms with van der Waals surface area (Å²) in [7, 11) is 0. The van der Waals surface area contributed by atoms with Crippen molar-refractivity contribution in [2.75, 3.05) is 6.54 Å². The van der Waals surface area contributed by atoms with Gasteiger partial charge in [0.05, 0.1) is 17.8 Å². The number of nitrogens with zero attached hydrogens (tertiary/aromatic N) is 1. The zero-order valence-corrected chi connectivity index (χ0v) is 14.9. The lowest BCUT2D eigenvalue weighted by Gasteiger charge is -2.22. The second kappa shape index (κ2) is 7.91. The third-order valence-corrected chi connectivity index (χ3v) is 4.63. The summed E-state index contributed by atoms with van der Waals surface area (Å²) in [5, 5.41) is 5.76. The molecule has 0 bridgehead atoms. The van der Waals surface area contributed by atoms with Gasteiger partial charge in [0.15, 0.2) is 0 Å². The van der Waals surface area contributed by atoms with Crippen LogP contribution in [0.2, 0.25) is 0 Å². The van der Waals surface area contributed by atoms with Crippen LogP contribution in [0, 0.1) is 5.95 Å². The van der Waals surface area contributed by atoms with Crippen molar-refractivity contribution >= 4 is 5.91 Å². The van der Waals surface area contributed by atoms with Crippen molar-refractivity contribution < 1.29 is 13.6 Å². The van der Waals surface area contributed by atoms with E-state index in [0.717, 1.165) is 5.56 Å². The monoisotopic (exact) mass is 359 g/mol. The normalized spacial score (nSPS) is 21.0. The third kappa shape index (κ3) is 4.07. The second-order valence-corrected chi connectivity index (χ2v) is 6.92. The van der Waals surface area contributed by atoms with E-state index in [1.807, 2.05) is 44.2 Å². The SMILES string of the molecule is CC(C)c1ccc(C(NC(=O)C2CC(F)CN2)c2ccccc2)nc1F. The first kappa shape index (κ1) is 18.5. The van der Waals surface area contributed by atoms with Gasteiger partial charge in [-0.1, -0.05) is 50.2 Å². The summed E-state index contributed by atoms with van der Waals surface area (Å²) in [6.45, 7) is 3.97. The number of rotatable bonds is 5. The van der Waals surface area contributed by atoms with Gasteiger partial charge in [-0.2, -0.15) is 4.39 Å². The maximum atomic E-state index is 14.4. The van der Waals surface area contributed by atoms with Crippen molar-refractivity contribution in [1.82, 2.24) is 15.6 Å². The second-order valence-electron chi connectivity index (χ2n) is 6.92. The predicted molar refractivity (Wildman–Crippen MR) is 96.0 cm³/mol. The van der Waals surface area contributed by atoms with Gasteiger partial charge < -0.3 is 10.6 Å². The van der Waals surface area contributed by atoms with Crippen LogP contribution in [0.25, 0.3) is 0 Å². The lowest BCUT2D eigenvalue weighted by Crippen LogP contribution is -2.42. The van der Waals surface area contributed by atoms with Crippen LogP contribution in [0.1, 0.15) is 49.0 Å². The molecule has 6 heteroatoms. The summed E-state index contributed by atoms with van der Waals surface area (Å²) < 4.78 is 27.8. The number of amides is 1. The van der Waals surface area contributed by atoms with Crippen molar-refractivity contribution in [1.29, 1.82) is 0 Å². The number of halogens is 2. The largest absolute Gasteiger partial charge is 0.342 e. The molecule has 1 aromatic heterocycles. The molecule has 1 amide bonds. The molecular weight excluding hydrogens is 336 g/mol.